The van der Waals surface area contributed by atoms with Crippen molar-refractivity contribution in [1.29, 1.82) is 0 Å². The molecule has 2 N–H and O–H groups in total. The van der Waals surface area contributed by atoms with E-state index >= 15 is 0 Å². The summed E-state index contributed by atoms with van der Waals surface area (Å²) in [5, 5.41) is 13.7. The highest BCUT2D eigenvalue weighted by Gasteiger charge is 2.29. The minimum Gasteiger partial charge on any atom is -0.321 e. The van der Waals surface area contributed by atoms with Crippen molar-refractivity contribution in [2.45, 2.75) is 25.9 Å². The van der Waals surface area contributed by atoms with Crippen LogP contribution < -0.4 is 10.2 Å². The normalized spacial score (nSPS) is 17.4. The van der Waals surface area contributed by atoms with Gasteiger partial charge in [-0.15, -0.1) is 0 Å². The smallest absolute Gasteiger partial charge is 0.282 e. The second-order valence-corrected chi connectivity index (χ2v) is 6.64. The van der Waals surface area contributed by atoms with Gasteiger partial charge in [0.15, 0.2) is 6.04 Å². The number of nitro groups is 1. The van der Waals surface area contributed by atoms with Crippen LogP contribution in [0.25, 0.3) is 0 Å². The lowest BCUT2D eigenvalue weighted by molar-refractivity contribution is -0.929. The second-order valence-electron chi connectivity index (χ2n) is 6.24. The molecule has 0 radical (unpaired) electrons. The van der Waals surface area contributed by atoms with Gasteiger partial charge in [-0.3, -0.25) is 14.9 Å². The molecule has 0 saturated heterocycles. The van der Waals surface area contributed by atoms with E-state index in [0.29, 0.717) is 5.69 Å². The maximum Gasteiger partial charge on any atom is 0.282 e. The van der Waals surface area contributed by atoms with Gasteiger partial charge in [-0.2, -0.15) is 0 Å². The molecule has 0 fully saturated rings. The van der Waals surface area contributed by atoms with Crippen LogP contribution in [-0.2, 0) is 17.8 Å². The number of benzene rings is 2. The summed E-state index contributed by atoms with van der Waals surface area (Å²) < 4.78 is 0. The third-order valence-electron chi connectivity index (χ3n) is 4.68. The molecule has 0 saturated carbocycles. The van der Waals surface area contributed by atoms with Crippen molar-refractivity contribution in [2.75, 3.05) is 11.9 Å². The van der Waals surface area contributed by atoms with Crippen LogP contribution in [0, 0.1) is 10.1 Å². The van der Waals surface area contributed by atoms with Gasteiger partial charge in [0.2, 0.25) is 0 Å². The van der Waals surface area contributed by atoms with Gasteiger partial charge in [0.05, 0.1) is 22.2 Å². The molecule has 6 nitrogen and oxygen atoms in total. The van der Waals surface area contributed by atoms with E-state index in [0.717, 1.165) is 19.5 Å². The fourth-order valence-electron chi connectivity index (χ4n) is 3.12. The third kappa shape index (κ3) is 3.81. The Hall–Kier alpha value is -2.44. The minimum atomic E-state index is -0.518. The summed E-state index contributed by atoms with van der Waals surface area (Å²) >= 11 is 6.05. The van der Waals surface area contributed by atoms with Crippen LogP contribution in [0.4, 0.5) is 11.4 Å². The number of halogens is 1. The number of nitrogens with one attached hydrogen (secondary N) is 2. The number of amides is 1. The molecule has 1 amide bonds. The summed E-state index contributed by atoms with van der Waals surface area (Å²) in [6.45, 7) is 3.58. The van der Waals surface area contributed by atoms with Crippen LogP contribution in [0.15, 0.2) is 42.5 Å². The van der Waals surface area contributed by atoms with E-state index in [2.05, 4.69) is 17.4 Å². The second kappa shape index (κ2) is 7.21. The van der Waals surface area contributed by atoms with Gasteiger partial charge in [-0.25, -0.2) is 0 Å². The van der Waals surface area contributed by atoms with Gasteiger partial charge in [-0.05, 0) is 18.6 Å². The monoisotopic (exact) mass is 360 g/mol. The van der Waals surface area contributed by atoms with E-state index in [1.165, 1.54) is 34.2 Å². The largest absolute Gasteiger partial charge is 0.321 e. The first kappa shape index (κ1) is 17.4. The zero-order valence-corrected chi connectivity index (χ0v) is 14.5. The molecule has 0 aromatic heterocycles. The molecule has 0 spiro atoms. The van der Waals surface area contributed by atoms with Crippen molar-refractivity contribution in [3.05, 3.63) is 68.7 Å². The van der Waals surface area contributed by atoms with Gasteiger partial charge >= 0.3 is 0 Å². The van der Waals surface area contributed by atoms with E-state index in [1.54, 1.807) is 0 Å². The van der Waals surface area contributed by atoms with Crippen molar-refractivity contribution in [3.8, 4) is 0 Å². The number of carbonyl (C=O) groups excluding carboxylic acids is 1. The Labute approximate surface area is 150 Å². The molecule has 0 bridgehead atoms. The van der Waals surface area contributed by atoms with Gasteiger partial charge in [0, 0.05) is 24.1 Å². The molecule has 1 unspecified atom stereocenters. The van der Waals surface area contributed by atoms with Crippen LogP contribution in [0.2, 0.25) is 5.02 Å². The molecule has 1 aliphatic heterocycles. The topological polar surface area (TPSA) is 76.7 Å². The maximum absolute atomic E-state index is 12.6. The van der Waals surface area contributed by atoms with Crippen molar-refractivity contribution in [2.24, 2.45) is 0 Å². The van der Waals surface area contributed by atoms with Gasteiger partial charge < -0.3 is 10.2 Å². The SMILES string of the molecule is C[C@@H](C(=O)Nc1ccc([N+](=O)[O-])cc1Cl)[NH+]1CCc2ccccc2C1. The number of anilines is 1. The third-order valence-corrected chi connectivity index (χ3v) is 4.99. The summed E-state index contributed by atoms with van der Waals surface area (Å²) in [6, 6.07) is 12.1. The first-order chi connectivity index (χ1) is 12.0. The molecule has 1 heterocycles. The molecule has 2 atom stereocenters. The predicted octanol–water partition coefficient (Wildman–Crippen LogP) is 2.22. The molecule has 0 aliphatic carbocycles. The number of non-ortho nitro benzene ring substituents is 1. The highest BCUT2D eigenvalue weighted by atomic mass is 35.5. The molecule has 130 valence electrons. The molecule has 2 aromatic carbocycles. The highest BCUT2D eigenvalue weighted by molar-refractivity contribution is 6.34. The molecular weight excluding hydrogens is 342 g/mol. The summed E-state index contributed by atoms with van der Waals surface area (Å²) in [4.78, 5) is 24.0. The molecule has 1 aliphatic rings. The lowest BCUT2D eigenvalue weighted by Gasteiger charge is -2.30. The number of fused-ring (bicyclic) bond motifs is 1. The Morgan fingerprint density at radius 2 is 2.00 bits per heavy atom. The van der Waals surface area contributed by atoms with Gasteiger partial charge in [-0.1, -0.05) is 35.9 Å². The zero-order valence-electron chi connectivity index (χ0n) is 13.8. The lowest BCUT2D eigenvalue weighted by atomic mass is 9.99. The molecule has 7 heteroatoms. The van der Waals surface area contributed by atoms with E-state index in [4.69, 9.17) is 11.6 Å². The maximum atomic E-state index is 12.6. The lowest BCUT2D eigenvalue weighted by Crippen LogP contribution is -3.16. The van der Waals surface area contributed by atoms with Crippen molar-refractivity contribution >= 4 is 28.9 Å². The fraction of sp³-hybridized carbons (Fsp3) is 0.278. The van der Waals surface area contributed by atoms with Gasteiger partial charge in [0.1, 0.15) is 6.54 Å². The first-order valence-electron chi connectivity index (χ1n) is 8.12. The Kier molecular flexibility index (Phi) is 5.01. The number of quaternary nitrogens is 1. The molecule has 2 aromatic rings. The summed E-state index contributed by atoms with van der Waals surface area (Å²) in [5.74, 6) is -0.148. The first-order valence-corrected chi connectivity index (χ1v) is 8.49. The van der Waals surface area contributed by atoms with E-state index in [-0.39, 0.29) is 22.7 Å². The molecular formula is C18H19ClN3O3+. The minimum absolute atomic E-state index is 0.102. The summed E-state index contributed by atoms with van der Waals surface area (Å²) in [5.41, 5.74) is 2.91. The van der Waals surface area contributed by atoms with Crippen LogP contribution >= 0.6 is 11.6 Å². The van der Waals surface area contributed by atoms with Crippen LogP contribution in [0.5, 0.6) is 0 Å². The highest BCUT2D eigenvalue weighted by Crippen LogP contribution is 2.26. The van der Waals surface area contributed by atoms with E-state index < -0.39 is 4.92 Å². The van der Waals surface area contributed by atoms with Crippen molar-refractivity contribution < 1.29 is 14.6 Å². The van der Waals surface area contributed by atoms with Crippen LogP contribution in [0.3, 0.4) is 0 Å². The number of carbonyl (C=O) groups is 1. The fourth-order valence-corrected chi connectivity index (χ4v) is 3.34. The number of nitro benzene ring substituents is 1. The average Bonchev–Trinajstić information content (AvgIpc) is 2.62. The van der Waals surface area contributed by atoms with Crippen molar-refractivity contribution in [1.82, 2.24) is 0 Å². The quantitative estimate of drug-likeness (QED) is 0.648. The number of hydrogen-bond donors (Lipinski definition) is 2. The zero-order chi connectivity index (χ0) is 18.0. The van der Waals surface area contributed by atoms with Crippen molar-refractivity contribution in [3.63, 3.8) is 0 Å². The Morgan fingerprint density at radius 3 is 2.68 bits per heavy atom. The Bertz CT molecular complexity index is 825. The van der Waals surface area contributed by atoms with E-state index in [1.807, 2.05) is 19.1 Å². The summed E-state index contributed by atoms with van der Waals surface area (Å²) in [6.07, 6.45) is 0.946. The predicted molar refractivity (Wildman–Crippen MR) is 95.9 cm³/mol. The Balaban J connectivity index is 1.68. The van der Waals surface area contributed by atoms with Crippen LogP contribution in [0.1, 0.15) is 18.1 Å². The number of nitrogens with zero attached hydrogens (tertiary/aromatic N) is 1. The molecule has 25 heavy (non-hydrogen) atoms. The molecule has 3 rings (SSSR count). The number of hydrogen-bond acceptors (Lipinski definition) is 3. The average molecular weight is 361 g/mol. The van der Waals surface area contributed by atoms with Gasteiger partial charge in [0.25, 0.3) is 11.6 Å². The summed E-state index contributed by atoms with van der Waals surface area (Å²) in [7, 11) is 0. The standard InChI is InChI=1S/C18H18ClN3O3/c1-12(21-9-8-13-4-2-3-5-14(13)11-21)18(23)20-17-7-6-15(22(24)25)10-16(17)19/h2-7,10,12H,8-9,11H2,1H3,(H,20,23)/p+1/t12-/m0/s1. The van der Waals surface area contributed by atoms with E-state index in [9.17, 15) is 14.9 Å². The Morgan fingerprint density at radius 1 is 1.28 bits per heavy atom. The van der Waals surface area contributed by atoms with Crippen LogP contribution in [-0.4, -0.2) is 23.4 Å². The number of rotatable bonds is 4.